The zero-order valence-corrected chi connectivity index (χ0v) is 13.1. The molecule has 0 aromatic heterocycles. The lowest BCUT2D eigenvalue weighted by molar-refractivity contribution is -0.117. The van der Waals surface area contributed by atoms with Gasteiger partial charge in [-0.15, -0.1) is 0 Å². The highest BCUT2D eigenvalue weighted by molar-refractivity contribution is 5.90. The molecule has 116 valence electrons. The van der Waals surface area contributed by atoms with Gasteiger partial charge >= 0.3 is 0 Å². The van der Waals surface area contributed by atoms with Crippen molar-refractivity contribution in [3.05, 3.63) is 29.8 Å². The summed E-state index contributed by atoms with van der Waals surface area (Å²) >= 11 is 0. The van der Waals surface area contributed by atoms with Gasteiger partial charge in [-0.2, -0.15) is 0 Å². The molecule has 21 heavy (non-hydrogen) atoms. The second-order valence-corrected chi connectivity index (χ2v) is 6.40. The van der Waals surface area contributed by atoms with Gasteiger partial charge in [0.15, 0.2) is 0 Å². The molecule has 0 heterocycles. The van der Waals surface area contributed by atoms with E-state index in [0.717, 1.165) is 25.1 Å². The molecule has 0 radical (unpaired) electrons. The van der Waals surface area contributed by atoms with E-state index < -0.39 is 0 Å². The highest BCUT2D eigenvalue weighted by atomic mass is 16.1. The molecule has 4 nitrogen and oxygen atoms in total. The van der Waals surface area contributed by atoms with Crippen LogP contribution in [-0.4, -0.2) is 30.9 Å². The van der Waals surface area contributed by atoms with Crippen LogP contribution in [0.1, 0.15) is 37.7 Å². The number of amides is 1. The van der Waals surface area contributed by atoms with Crippen molar-refractivity contribution in [3.63, 3.8) is 0 Å². The maximum Gasteiger partial charge on any atom is 0.224 e. The molecule has 0 spiro atoms. The molecule has 1 aromatic rings. The summed E-state index contributed by atoms with van der Waals surface area (Å²) < 4.78 is 0. The Morgan fingerprint density at radius 3 is 2.81 bits per heavy atom. The molecule has 1 aliphatic rings. The Morgan fingerprint density at radius 2 is 2.10 bits per heavy atom. The van der Waals surface area contributed by atoms with Crippen LogP contribution in [0, 0.1) is 5.92 Å². The first kappa shape index (κ1) is 16.0. The number of hydrogen-bond acceptors (Lipinski definition) is 3. The molecule has 1 aliphatic carbocycles. The Morgan fingerprint density at radius 1 is 1.33 bits per heavy atom. The second kappa shape index (κ2) is 7.57. The summed E-state index contributed by atoms with van der Waals surface area (Å²) in [5, 5.41) is 3.01. The molecule has 1 amide bonds. The van der Waals surface area contributed by atoms with Crippen LogP contribution in [0.15, 0.2) is 24.3 Å². The Bertz CT molecular complexity index is 473. The minimum atomic E-state index is 0.0827. The van der Waals surface area contributed by atoms with E-state index in [9.17, 15) is 4.79 Å². The minimum Gasteiger partial charge on any atom is -0.327 e. The van der Waals surface area contributed by atoms with Crippen LogP contribution in [0.5, 0.6) is 0 Å². The number of carbonyl (C=O) groups is 1. The topological polar surface area (TPSA) is 58.4 Å². The van der Waals surface area contributed by atoms with Gasteiger partial charge in [0, 0.05) is 24.7 Å². The molecule has 0 saturated heterocycles. The molecule has 2 atom stereocenters. The van der Waals surface area contributed by atoms with E-state index in [0.29, 0.717) is 12.3 Å². The van der Waals surface area contributed by atoms with Crippen LogP contribution in [0.3, 0.4) is 0 Å². The van der Waals surface area contributed by atoms with E-state index in [1.54, 1.807) is 0 Å². The van der Waals surface area contributed by atoms with E-state index in [1.165, 1.54) is 18.4 Å². The Labute approximate surface area is 127 Å². The summed E-state index contributed by atoms with van der Waals surface area (Å²) in [6.45, 7) is 0.872. The lowest BCUT2D eigenvalue weighted by Crippen LogP contribution is -2.35. The highest BCUT2D eigenvalue weighted by Crippen LogP contribution is 2.26. The third kappa shape index (κ3) is 5.14. The number of carbonyl (C=O) groups excluding carboxylic acids is 1. The quantitative estimate of drug-likeness (QED) is 0.876. The number of nitrogens with two attached hydrogens (primary N) is 1. The van der Waals surface area contributed by atoms with Gasteiger partial charge in [-0.05, 0) is 50.6 Å². The van der Waals surface area contributed by atoms with Gasteiger partial charge in [0.2, 0.25) is 5.91 Å². The van der Waals surface area contributed by atoms with Gasteiger partial charge < -0.3 is 16.0 Å². The average Bonchev–Trinajstić information content (AvgIpc) is 2.41. The van der Waals surface area contributed by atoms with E-state index >= 15 is 0 Å². The summed E-state index contributed by atoms with van der Waals surface area (Å²) in [6, 6.07) is 8.23. The van der Waals surface area contributed by atoms with Gasteiger partial charge in [0.1, 0.15) is 0 Å². The monoisotopic (exact) mass is 289 g/mol. The molecule has 1 fully saturated rings. The summed E-state index contributed by atoms with van der Waals surface area (Å²) in [4.78, 5) is 14.3. The minimum absolute atomic E-state index is 0.0827. The van der Waals surface area contributed by atoms with Crippen LogP contribution >= 0.6 is 0 Å². The highest BCUT2D eigenvalue weighted by Gasteiger charge is 2.24. The molecule has 2 rings (SSSR count). The van der Waals surface area contributed by atoms with Crippen molar-refractivity contribution >= 4 is 11.6 Å². The summed E-state index contributed by atoms with van der Waals surface area (Å²) in [7, 11) is 4.07. The van der Waals surface area contributed by atoms with Crippen molar-refractivity contribution in [2.45, 2.75) is 44.7 Å². The molecule has 4 heteroatoms. The Hall–Kier alpha value is -1.39. The zero-order chi connectivity index (χ0) is 15.2. The molecular formula is C17H27N3O. The van der Waals surface area contributed by atoms with Crippen molar-refractivity contribution in [1.82, 2.24) is 4.90 Å². The molecule has 1 saturated carbocycles. The van der Waals surface area contributed by atoms with Crippen LogP contribution in [-0.2, 0) is 11.3 Å². The smallest absolute Gasteiger partial charge is 0.224 e. The van der Waals surface area contributed by atoms with Crippen LogP contribution in [0.4, 0.5) is 5.69 Å². The average molecular weight is 289 g/mol. The van der Waals surface area contributed by atoms with Crippen molar-refractivity contribution in [3.8, 4) is 0 Å². The Kier molecular flexibility index (Phi) is 5.76. The fraction of sp³-hybridized carbons (Fsp3) is 0.588. The van der Waals surface area contributed by atoms with E-state index in [-0.39, 0.29) is 11.9 Å². The predicted octanol–water partition coefficient (Wildman–Crippen LogP) is 2.59. The van der Waals surface area contributed by atoms with Crippen molar-refractivity contribution in [2.24, 2.45) is 11.7 Å². The second-order valence-electron chi connectivity index (χ2n) is 6.40. The summed E-state index contributed by atoms with van der Waals surface area (Å²) in [5.41, 5.74) is 8.19. The van der Waals surface area contributed by atoms with Gasteiger partial charge in [-0.25, -0.2) is 0 Å². The molecular weight excluding hydrogens is 262 g/mol. The number of nitrogens with one attached hydrogen (secondary N) is 1. The van der Waals surface area contributed by atoms with E-state index in [1.807, 2.05) is 32.3 Å². The van der Waals surface area contributed by atoms with Crippen molar-refractivity contribution < 1.29 is 4.79 Å². The number of benzene rings is 1. The van der Waals surface area contributed by atoms with Gasteiger partial charge in [-0.3, -0.25) is 4.79 Å². The van der Waals surface area contributed by atoms with Crippen LogP contribution in [0.25, 0.3) is 0 Å². The standard InChI is InChI=1S/C17H27N3O/c1-20(2)12-13-6-5-8-15(10-13)19-17(21)11-14-7-3-4-9-16(14)18/h5-6,8,10,14,16H,3-4,7,9,11-12,18H2,1-2H3,(H,19,21). The first-order valence-corrected chi connectivity index (χ1v) is 7.83. The fourth-order valence-corrected chi connectivity index (χ4v) is 3.05. The van der Waals surface area contributed by atoms with Crippen LogP contribution < -0.4 is 11.1 Å². The maximum absolute atomic E-state index is 12.2. The van der Waals surface area contributed by atoms with Gasteiger partial charge in [0.25, 0.3) is 0 Å². The normalized spacial score (nSPS) is 22.3. The molecule has 0 aliphatic heterocycles. The molecule has 1 aromatic carbocycles. The number of nitrogens with zero attached hydrogens (tertiary/aromatic N) is 1. The lowest BCUT2D eigenvalue weighted by Gasteiger charge is -2.28. The predicted molar refractivity (Wildman–Crippen MR) is 87.0 cm³/mol. The fourth-order valence-electron chi connectivity index (χ4n) is 3.05. The molecule has 3 N–H and O–H groups in total. The van der Waals surface area contributed by atoms with Gasteiger partial charge in [-0.1, -0.05) is 25.0 Å². The third-order valence-electron chi connectivity index (χ3n) is 4.12. The molecule has 0 bridgehead atoms. The van der Waals surface area contributed by atoms with E-state index in [2.05, 4.69) is 16.3 Å². The van der Waals surface area contributed by atoms with E-state index in [4.69, 9.17) is 5.73 Å². The maximum atomic E-state index is 12.2. The van der Waals surface area contributed by atoms with Crippen molar-refractivity contribution in [2.75, 3.05) is 19.4 Å². The number of rotatable bonds is 5. The summed E-state index contributed by atoms with van der Waals surface area (Å²) in [5.74, 6) is 0.420. The largest absolute Gasteiger partial charge is 0.327 e. The SMILES string of the molecule is CN(C)Cc1cccc(NC(=O)CC2CCCCC2N)c1. The molecule has 2 unspecified atom stereocenters. The zero-order valence-electron chi connectivity index (χ0n) is 13.1. The van der Waals surface area contributed by atoms with Gasteiger partial charge in [0.05, 0.1) is 0 Å². The summed E-state index contributed by atoms with van der Waals surface area (Å²) in [6.07, 6.45) is 5.07. The lowest BCUT2D eigenvalue weighted by atomic mass is 9.83. The van der Waals surface area contributed by atoms with Crippen LogP contribution in [0.2, 0.25) is 0 Å². The number of anilines is 1. The first-order chi connectivity index (χ1) is 10.0. The third-order valence-corrected chi connectivity index (χ3v) is 4.12. The van der Waals surface area contributed by atoms with Crippen molar-refractivity contribution in [1.29, 1.82) is 0 Å². The number of hydrogen-bond donors (Lipinski definition) is 2. The first-order valence-electron chi connectivity index (χ1n) is 7.83. The Balaban J connectivity index is 1.90.